The Hall–Kier alpha value is -0.840. The quantitative estimate of drug-likeness (QED) is 0.410. The van der Waals surface area contributed by atoms with E-state index in [4.69, 9.17) is 0 Å². The van der Waals surface area contributed by atoms with E-state index >= 15 is 0 Å². The number of hydrogen-bond acceptors (Lipinski definition) is 2. The molecule has 1 rings (SSSR count). The van der Waals surface area contributed by atoms with Crippen molar-refractivity contribution < 1.29 is 30.7 Å². The molecule has 0 aliphatic rings. The van der Waals surface area contributed by atoms with E-state index in [9.17, 15) is 4.79 Å². The van der Waals surface area contributed by atoms with E-state index in [-0.39, 0.29) is 27.2 Å². The molecule has 0 heterocycles. The van der Waals surface area contributed by atoms with Gasteiger partial charge in [-0.15, -0.1) is 0 Å². The summed E-state index contributed by atoms with van der Waals surface area (Å²) in [5.74, 6) is -0.119. The van der Waals surface area contributed by atoms with Crippen LogP contribution in [0.25, 0.3) is 0 Å². The summed E-state index contributed by atoms with van der Waals surface area (Å²) in [5.41, 5.74) is 0. The maximum Gasteiger partial charge on any atom is 0.349 e. The fraction of sp³-hybridized carbons (Fsp3) is 0.308. The van der Waals surface area contributed by atoms with Gasteiger partial charge >= 0.3 is 27.2 Å². The molecule has 2 nitrogen and oxygen atoms in total. The predicted octanol–water partition coefficient (Wildman–Crippen LogP) is -0.198. The van der Waals surface area contributed by atoms with Gasteiger partial charge in [0.15, 0.2) is 7.65 Å². The maximum atomic E-state index is 10.8. The molecule has 1 aromatic carbocycles. The van der Waals surface area contributed by atoms with Crippen LogP contribution in [0.5, 0.6) is 0 Å². The van der Waals surface area contributed by atoms with Crippen LogP contribution in [0.2, 0.25) is 0 Å². The van der Waals surface area contributed by atoms with Gasteiger partial charge in [-0.05, 0) is 31.1 Å². The largest absolute Gasteiger partial charge is 0.469 e. The molecule has 16 heavy (non-hydrogen) atoms. The highest BCUT2D eigenvalue weighted by atomic mass is 127. The van der Waals surface area contributed by atoms with E-state index in [0.29, 0.717) is 6.42 Å². The van der Waals surface area contributed by atoms with Gasteiger partial charge in [0.25, 0.3) is 0 Å². The first kappa shape index (κ1) is 13.2. The monoisotopic (exact) mass is 331 g/mol. The van der Waals surface area contributed by atoms with Crippen LogP contribution < -0.4 is 21.2 Å². The Morgan fingerprint density at radius 3 is 2.81 bits per heavy atom. The SMILES string of the molecule is COC(=O)CCC/C=C\[I+]c1ccccc1. The minimum atomic E-state index is -0.119. The molecule has 0 saturated carbocycles. The van der Waals surface area contributed by atoms with Crippen molar-refractivity contribution in [3.8, 4) is 0 Å². The van der Waals surface area contributed by atoms with Crippen molar-refractivity contribution in [1.82, 2.24) is 0 Å². The van der Waals surface area contributed by atoms with Crippen LogP contribution in [0.3, 0.4) is 0 Å². The van der Waals surface area contributed by atoms with E-state index in [2.05, 4.69) is 39.2 Å². The smallest absolute Gasteiger partial charge is 0.349 e. The molecule has 0 aliphatic carbocycles. The Morgan fingerprint density at radius 2 is 2.12 bits per heavy atom. The highest BCUT2D eigenvalue weighted by Gasteiger charge is 2.04. The van der Waals surface area contributed by atoms with Gasteiger partial charge in [-0.25, -0.2) is 0 Å². The average Bonchev–Trinajstić information content (AvgIpc) is 2.34. The number of benzene rings is 1. The Balaban J connectivity index is 2.12. The molecular formula is C13H16IO2+. The maximum absolute atomic E-state index is 10.8. The third-order valence-corrected chi connectivity index (χ3v) is 4.30. The highest BCUT2D eigenvalue weighted by Crippen LogP contribution is 1.96. The van der Waals surface area contributed by atoms with E-state index in [1.54, 1.807) is 0 Å². The Labute approximate surface area is 107 Å². The van der Waals surface area contributed by atoms with Crippen LogP contribution in [0.15, 0.2) is 40.5 Å². The molecule has 3 heteroatoms. The summed E-state index contributed by atoms with van der Waals surface area (Å²) < 4.78 is 8.25. The van der Waals surface area contributed by atoms with Gasteiger partial charge in [-0.1, -0.05) is 18.2 Å². The molecule has 0 radical (unpaired) electrons. The number of methoxy groups -OCH3 is 1. The minimum Gasteiger partial charge on any atom is -0.469 e. The molecule has 0 saturated heterocycles. The van der Waals surface area contributed by atoms with Crippen LogP contribution in [0, 0.1) is 3.57 Å². The van der Waals surface area contributed by atoms with Crippen molar-refractivity contribution in [3.63, 3.8) is 0 Å². The van der Waals surface area contributed by atoms with Crippen LogP contribution in [-0.2, 0) is 9.53 Å². The lowest BCUT2D eigenvalue weighted by molar-refractivity contribution is -0.557. The Morgan fingerprint density at radius 1 is 1.38 bits per heavy atom. The number of ether oxygens (including phenoxy) is 1. The van der Waals surface area contributed by atoms with Gasteiger partial charge in [0.05, 0.1) is 7.11 Å². The van der Waals surface area contributed by atoms with Crippen LogP contribution in [-0.4, -0.2) is 13.1 Å². The fourth-order valence-corrected chi connectivity index (χ4v) is 2.99. The molecular weight excluding hydrogens is 315 g/mol. The number of carbonyl (C=O) groups is 1. The second kappa shape index (κ2) is 8.33. The Bertz CT molecular complexity index is 333. The zero-order valence-electron chi connectivity index (χ0n) is 9.36. The zero-order chi connectivity index (χ0) is 11.6. The number of hydrogen-bond donors (Lipinski definition) is 0. The average molecular weight is 331 g/mol. The number of halogens is 1. The first-order valence-electron chi connectivity index (χ1n) is 5.23. The number of allylic oxidation sites excluding steroid dienone is 1. The van der Waals surface area contributed by atoms with E-state index in [0.717, 1.165) is 12.8 Å². The molecule has 0 aliphatic heterocycles. The number of rotatable bonds is 6. The van der Waals surface area contributed by atoms with Gasteiger partial charge in [-0.2, -0.15) is 0 Å². The van der Waals surface area contributed by atoms with Crippen LogP contribution >= 0.6 is 0 Å². The van der Waals surface area contributed by atoms with Crippen LogP contribution in [0.4, 0.5) is 0 Å². The van der Waals surface area contributed by atoms with Crippen LogP contribution in [0.1, 0.15) is 19.3 Å². The predicted molar refractivity (Wildman–Crippen MR) is 60.1 cm³/mol. The molecule has 0 N–H and O–H groups in total. The molecule has 1 aromatic rings. The number of unbranched alkanes of at least 4 members (excludes halogenated alkanes) is 1. The summed E-state index contributed by atoms with van der Waals surface area (Å²) in [6, 6.07) is 10.5. The van der Waals surface area contributed by atoms with E-state index in [1.165, 1.54) is 10.7 Å². The molecule has 0 amide bonds. The van der Waals surface area contributed by atoms with E-state index < -0.39 is 0 Å². The summed E-state index contributed by atoms with van der Waals surface area (Å²) in [7, 11) is 1.43. The summed E-state index contributed by atoms with van der Waals surface area (Å²) >= 11 is -0.00735. The standard InChI is InChI=1S/C13H16IO2/c1-16-13(15)10-6-3-7-11-14-12-8-4-2-5-9-12/h2,4-5,7-9,11H,3,6,10H2,1H3/q+1/b11-7-. The molecule has 0 spiro atoms. The zero-order valence-corrected chi connectivity index (χ0v) is 11.5. The van der Waals surface area contributed by atoms with Crippen molar-refractivity contribution in [2.75, 3.05) is 7.11 Å². The molecule has 0 bridgehead atoms. The van der Waals surface area contributed by atoms with Crippen molar-refractivity contribution in [2.24, 2.45) is 0 Å². The van der Waals surface area contributed by atoms with Crippen molar-refractivity contribution >= 4 is 5.97 Å². The van der Waals surface area contributed by atoms with Crippen molar-refractivity contribution in [1.29, 1.82) is 0 Å². The van der Waals surface area contributed by atoms with Gasteiger partial charge in [0.1, 0.15) is 0 Å². The lowest BCUT2D eigenvalue weighted by Gasteiger charge is -1.94. The number of esters is 1. The van der Waals surface area contributed by atoms with Gasteiger partial charge in [0, 0.05) is 6.42 Å². The molecule has 86 valence electrons. The molecule has 0 fully saturated rings. The lowest BCUT2D eigenvalue weighted by atomic mass is 10.2. The number of carbonyl (C=O) groups excluding carboxylic acids is 1. The molecule has 0 atom stereocenters. The highest BCUT2D eigenvalue weighted by molar-refractivity contribution is 5.68. The second-order valence-electron chi connectivity index (χ2n) is 3.23. The van der Waals surface area contributed by atoms with Gasteiger partial charge in [-0.3, -0.25) is 4.79 Å². The minimum absolute atomic E-state index is 0.00735. The first-order valence-corrected chi connectivity index (χ1v) is 7.55. The molecule has 0 aromatic heterocycles. The summed E-state index contributed by atoms with van der Waals surface area (Å²) in [5, 5.41) is 0. The topological polar surface area (TPSA) is 26.3 Å². The summed E-state index contributed by atoms with van der Waals surface area (Å²) in [6.45, 7) is 0. The van der Waals surface area contributed by atoms with Crippen molar-refractivity contribution in [3.05, 3.63) is 44.1 Å². The lowest BCUT2D eigenvalue weighted by Crippen LogP contribution is -3.59. The van der Waals surface area contributed by atoms with Crippen molar-refractivity contribution in [2.45, 2.75) is 19.3 Å². The van der Waals surface area contributed by atoms with Gasteiger partial charge in [0.2, 0.25) is 0 Å². The van der Waals surface area contributed by atoms with E-state index in [1.807, 2.05) is 6.07 Å². The Kier molecular flexibility index (Phi) is 6.88. The normalized spacial score (nSPS) is 10.6. The summed E-state index contributed by atoms with van der Waals surface area (Å²) in [4.78, 5) is 10.8. The third-order valence-electron chi connectivity index (χ3n) is 1.99. The second-order valence-corrected chi connectivity index (χ2v) is 5.82. The van der Waals surface area contributed by atoms with Gasteiger partial charge < -0.3 is 4.74 Å². The third kappa shape index (κ3) is 5.90. The molecule has 0 unspecified atom stereocenters. The summed E-state index contributed by atoms with van der Waals surface area (Å²) in [6.07, 6.45) is 4.52. The first-order chi connectivity index (χ1) is 7.83. The fourth-order valence-electron chi connectivity index (χ4n) is 1.13.